The van der Waals surface area contributed by atoms with Crippen LogP contribution in [0.2, 0.25) is 11.4 Å². The van der Waals surface area contributed by atoms with Crippen molar-refractivity contribution in [1.29, 1.82) is 0 Å². The second-order valence-electron chi connectivity index (χ2n) is 1.96. The zero-order chi connectivity index (χ0) is 5.91. The Morgan fingerprint density at radius 3 is 1.86 bits per heavy atom. The third-order valence-corrected chi connectivity index (χ3v) is 2.67. The van der Waals surface area contributed by atoms with E-state index in [0.717, 1.165) is 0 Å². The van der Waals surface area contributed by atoms with Gasteiger partial charge >= 0.3 is 47.3 Å². The van der Waals surface area contributed by atoms with Gasteiger partial charge in [-0.2, -0.15) is 0 Å². The molecule has 0 rings (SSSR count). The Hall–Kier alpha value is 0.258. The molecular weight excluding hydrogens is 151 g/mol. The normalized spacial score (nSPS) is 13.1. The summed E-state index contributed by atoms with van der Waals surface area (Å²) in [6, 6.07) is 0. The minimum absolute atomic E-state index is 1.91. The zero-order valence-corrected chi connectivity index (χ0v) is 6.93. The van der Waals surface area contributed by atoms with E-state index in [9.17, 15) is 0 Å². The van der Waals surface area contributed by atoms with Gasteiger partial charge in [-0.15, -0.1) is 0 Å². The van der Waals surface area contributed by atoms with E-state index in [-0.39, 0.29) is 0 Å². The second kappa shape index (κ2) is 2.54. The number of hydrogen-bond donors (Lipinski definition) is 1. The van der Waals surface area contributed by atoms with Crippen molar-refractivity contribution in [2.45, 2.75) is 18.3 Å². The monoisotopic (exact) mass is 163 g/mol. The molecule has 0 spiro atoms. The van der Waals surface area contributed by atoms with Gasteiger partial charge in [-0.05, 0) is 0 Å². The number of hydrogen-bond acceptors (Lipinski definition) is 1. The van der Waals surface area contributed by atoms with Crippen molar-refractivity contribution in [3.8, 4) is 0 Å². The van der Waals surface area contributed by atoms with E-state index in [1.807, 2.05) is 29.3 Å². The maximum atomic E-state index is 9.10. The molecule has 7 heavy (non-hydrogen) atoms. The predicted molar refractivity (Wildman–Crippen MR) is 34.5 cm³/mol. The van der Waals surface area contributed by atoms with Gasteiger partial charge in [0.25, 0.3) is 0 Å². The fraction of sp³-hybridized carbons (Fsp3) is 0.600. The minimum atomic E-state index is -2.12. The molecule has 0 aromatic heterocycles. The first kappa shape index (κ1) is 7.26. The van der Waals surface area contributed by atoms with E-state index in [4.69, 9.17) is 4.10 Å². The summed E-state index contributed by atoms with van der Waals surface area (Å²) in [7, 11) is 0. The first-order valence-electron chi connectivity index (χ1n) is 2.26. The Balaban J connectivity index is 3.56. The molecule has 0 unspecified atom stereocenters. The summed E-state index contributed by atoms with van der Waals surface area (Å²) < 4.78 is 9.10. The van der Waals surface area contributed by atoms with Crippen LogP contribution in [0.4, 0.5) is 0 Å². The van der Waals surface area contributed by atoms with Gasteiger partial charge in [-0.1, -0.05) is 0 Å². The Kier molecular flexibility index (Phi) is 2.63. The van der Waals surface area contributed by atoms with E-state index in [0.29, 0.717) is 0 Å². The molecule has 0 aromatic carbocycles. The van der Waals surface area contributed by atoms with E-state index in [1.165, 1.54) is 0 Å². The molecule has 0 bridgehead atoms. The molecule has 0 aliphatic rings. The molecule has 0 saturated heterocycles. The van der Waals surface area contributed by atoms with Crippen molar-refractivity contribution in [1.82, 2.24) is 0 Å². The van der Waals surface area contributed by atoms with Crippen LogP contribution < -0.4 is 0 Å². The second-order valence-corrected chi connectivity index (χ2v) is 8.79. The van der Waals surface area contributed by atoms with Gasteiger partial charge in [-0.25, -0.2) is 0 Å². The van der Waals surface area contributed by atoms with Gasteiger partial charge in [0.2, 0.25) is 0 Å². The molecule has 1 N–H and O–H groups in total. The Bertz CT molecular complexity index is 70.6. The van der Waals surface area contributed by atoms with Crippen LogP contribution in [0.5, 0.6) is 0 Å². The van der Waals surface area contributed by atoms with Crippen molar-refractivity contribution in [3.63, 3.8) is 0 Å². The van der Waals surface area contributed by atoms with Crippen LogP contribution in [-0.2, 0) is 0 Å². The van der Waals surface area contributed by atoms with Crippen LogP contribution in [0, 0.1) is 0 Å². The van der Waals surface area contributed by atoms with E-state index >= 15 is 0 Å². The molecular formula is C5H12AsO. The SMILES string of the molecule is C/C=C/[As](C)(C)O. The summed E-state index contributed by atoms with van der Waals surface area (Å²) in [4.78, 5) is 1.91. The topological polar surface area (TPSA) is 20.2 Å². The Morgan fingerprint density at radius 1 is 1.43 bits per heavy atom. The average Bonchev–Trinajstić information content (AvgIpc) is 1.30. The van der Waals surface area contributed by atoms with Crippen LogP contribution in [0.1, 0.15) is 6.92 Å². The molecule has 0 aliphatic heterocycles. The van der Waals surface area contributed by atoms with Crippen LogP contribution in [0.3, 0.4) is 0 Å². The molecule has 0 fully saturated rings. The van der Waals surface area contributed by atoms with Crippen LogP contribution in [0.15, 0.2) is 10.9 Å². The number of allylic oxidation sites excluding steroid dienone is 1. The number of rotatable bonds is 1. The molecule has 43 valence electrons. The predicted octanol–water partition coefficient (Wildman–Crippen LogP) is 1.30. The molecule has 0 saturated carbocycles. The van der Waals surface area contributed by atoms with Crippen molar-refractivity contribution in [3.05, 3.63) is 10.9 Å². The molecule has 0 atom stereocenters. The maximum absolute atomic E-state index is 9.10. The Labute approximate surface area is 47.9 Å². The third kappa shape index (κ3) is 6.26. The zero-order valence-electron chi connectivity index (χ0n) is 5.05. The Morgan fingerprint density at radius 2 is 1.86 bits per heavy atom. The molecule has 0 amide bonds. The summed E-state index contributed by atoms with van der Waals surface area (Å²) in [6.45, 7) is 1.93. The van der Waals surface area contributed by atoms with Crippen molar-refractivity contribution in [2.75, 3.05) is 0 Å². The van der Waals surface area contributed by atoms with Gasteiger partial charge in [0.15, 0.2) is 0 Å². The summed E-state index contributed by atoms with van der Waals surface area (Å²) in [6.07, 6.45) is 1.91. The van der Waals surface area contributed by atoms with E-state index < -0.39 is 13.9 Å². The van der Waals surface area contributed by atoms with Crippen LogP contribution in [0.25, 0.3) is 0 Å². The van der Waals surface area contributed by atoms with Crippen LogP contribution in [-0.4, -0.2) is 18.0 Å². The van der Waals surface area contributed by atoms with Gasteiger partial charge in [0.1, 0.15) is 0 Å². The molecule has 1 radical (unpaired) electrons. The van der Waals surface area contributed by atoms with Crippen molar-refractivity contribution >= 4 is 13.9 Å². The molecule has 0 heterocycles. The summed E-state index contributed by atoms with van der Waals surface area (Å²) in [5.74, 6) is 0. The van der Waals surface area contributed by atoms with Crippen molar-refractivity contribution in [2.24, 2.45) is 0 Å². The first-order valence-corrected chi connectivity index (χ1v) is 7.94. The summed E-state index contributed by atoms with van der Waals surface area (Å²) in [5, 5.41) is 0. The summed E-state index contributed by atoms with van der Waals surface area (Å²) in [5.41, 5.74) is 3.83. The molecule has 0 aliphatic carbocycles. The fourth-order valence-electron chi connectivity index (χ4n) is 0.365. The molecule has 0 aromatic rings. The average molecular weight is 163 g/mol. The molecule has 2 heteroatoms. The summed E-state index contributed by atoms with van der Waals surface area (Å²) >= 11 is -2.12. The van der Waals surface area contributed by atoms with E-state index in [1.54, 1.807) is 0 Å². The third-order valence-electron chi connectivity index (χ3n) is 0.514. The van der Waals surface area contributed by atoms with Gasteiger partial charge in [-0.3, -0.25) is 0 Å². The first-order chi connectivity index (χ1) is 3.06. The molecule has 1 nitrogen and oxygen atoms in total. The van der Waals surface area contributed by atoms with Gasteiger partial charge in [0.05, 0.1) is 0 Å². The standard InChI is InChI=1S/C5H12AsO/c1-4-5-6(2,3)7/h4-5,7H,1-3H3/b5-4+. The van der Waals surface area contributed by atoms with Crippen LogP contribution >= 0.6 is 0 Å². The fourth-order valence-corrected chi connectivity index (χ4v) is 1.90. The quantitative estimate of drug-likeness (QED) is 0.577. The van der Waals surface area contributed by atoms with E-state index in [2.05, 4.69) is 0 Å². The van der Waals surface area contributed by atoms with Gasteiger partial charge in [0, 0.05) is 0 Å². The van der Waals surface area contributed by atoms with Gasteiger partial charge < -0.3 is 0 Å². The van der Waals surface area contributed by atoms with Crippen molar-refractivity contribution < 1.29 is 4.10 Å².